The van der Waals surface area contributed by atoms with Gasteiger partial charge >= 0.3 is 0 Å². The Labute approximate surface area is 154 Å². The Bertz CT molecular complexity index is 896. The number of carbonyl (C=O) groups excluding carboxylic acids is 2. The average molecular weight is 373 g/mol. The van der Waals surface area contributed by atoms with Crippen LogP contribution in [0.1, 0.15) is 23.3 Å². The number of nitrogens with zero attached hydrogens (tertiary/aromatic N) is 3. The maximum absolute atomic E-state index is 13.0. The first-order chi connectivity index (χ1) is 12.6. The second kappa shape index (κ2) is 5.56. The number of hydrogen-bond acceptors (Lipinski definition) is 4. The van der Waals surface area contributed by atoms with E-state index in [0.717, 1.165) is 5.56 Å². The maximum Gasteiger partial charge on any atom is 0.272 e. The third kappa shape index (κ3) is 2.13. The van der Waals surface area contributed by atoms with Crippen molar-refractivity contribution < 1.29 is 14.3 Å². The number of likely N-dealkylation sites (tertiary alicyclic amines) is 1. The van der Waals surface area contributed by atoms with Gasteiger partial charge in [-0.3, -0.25) is 14.7 Å². The number of carbonyl (C=O) groups is 2. The van der Waals surface area contributed by atoms with E-state index in [-0.39, 0.29) is 17.9 Å². The Morgan fingerprint density at radius 2 is 2.12 bits per heavy atom. The molecule has 0 radical (unpaired) electrons. The third-order valence-electron chi connectivity index (χ3n) is 5.61. The second-order valence-corrected chi connectivity index (χ2v) is 7.32. The molecule has 4 heterocycles. The van der Waals surface area contributed by atoms with Gasteiger partial charge in [-0.25, -0.2) is 0 Å². The number of nitrogens with one attached hydrogen (secondary N) is 1. The van der Waals surface area contributed by atoms with Crippen molar-refractivity contribution in [2.75, 3.05) is 19.7 Å². The smallest absolute Gasteiger partial charge is 0.272 e. The van der Waals surface area contributed by atoms with Gasteiger partial charge in [0.05, 0.1) is 24.8 Å². The molecule has 0 aliphatic carbocycles. The van der Waals surface area contributed by atoms with Crippen LogP contribution in [0.25, 0.3) is 11.3 Å². The molecule has 8 heteroatoms. The molecule has 1 N–H and O–H groups in total. The van der Waals surface area contributed by atoms with Gasteiger partial charge in [-0.15, -0.1) is 0 Å². The molecule has 134 valence electrons. The molecule has 7 nitrogen and oxygen atoms in total. The van der Waals surface area contributed by atoms with Crippen molar-refractivity contribution in [2.45, 2.75) is 24.6 Å². The van der Waals surface area contributed by atoms with Crippen LogP contribution < -0.4 is 0 Å². The Kier molecular flexibility index (Phi) is 3.39. The van der Waals surface area contributed by atoms with Crippen molar-refractivity contribution >= 4 is 23.4 Å². The molecular formula is C18H17ClN4O3. The predicted molar refractivity (Wildman–Crippen MR) is 93.5 cm³/mol. The minimum absolute atomic E-state index is 0.0662. The summed E-state index contributed by atoms with van der Waals surface area (Å²) < 4.78 is 5.93. The zero-order valence-electron chi connectivity index (χ0n) is 13.9. The van der Waals surface area contributed by atoms with Gasteiger partial charge in [0.15, 0.2) is 5.72 Å². The van der Waals surface area contributed by atoms with Crippen molar-refractivity contribution in [3.05, 3.63) is 41.0 Å². The zero-order chi connectivity index (χ0) is 17.9. The SMILES string of the molecule is O=C(c1cc(-c2ccc(Cl)cc2)n[nH]1)N1CC[C@@]23OCCN2C(=O)C[C@@H]13. The first-order valence-corrected chi connectivity index (χ1v) is 9.03. The lowest BCUT2D eigenvalue weighted by Gasteiger charge is -2.31. The van der Waals surface area contributed by atoms with Crippen LogP contribution in [0, 0.1) is 0 Å². The molecule has 3 fully saturated rings. The van der Waals surface area contributed by atoms with Gasteiger partial charge in [0.25, 0.3) is 5.91 Å². The molecule has 0 unspecified atom stereocenters. The molecule has 0 saturated carbocycles. The van der Waals surface area contributed by atoms with Gasteiger partial charge in [0.1, 0.15) is 5.69 Å². The van der Waals surface area contributed by atoms with E-state index in [1.807, 2.05) is 12.1 Å². The van der Waals surface area contributed by atoms with Gasteiger partial charge < -0.3 is 14.5 Å². The summed E-state index contributed by atoms with van der Waals surface area (Å²) in [6.45, 7) is 1.72. The van der Waals surface area contributed by atoms with E-state index in [4.69, 9.17) is 16.3 Å². The number of hydrogen-bond donors (Lipinski definition) is 1. The number of aromatic amines is 1. The Balaban J connectivity index is 1.41. The van der Waals surface area contributed by atoms with Crippen LogP contribution in [0.4, 0.5) is 0 Å². The van der Waals surface area contributed by atoms with Crippen LogP contribution in [0.3, 0.4) is 0 Å². The minimum atomic E-state index is -0.619. The predicted octanol–water partition coefficient (Wildman–Crippen LogP) is 1.90. The molecule has 2 amide bonds. The maximum atomic E-state index is 13.0. The fourth-order valence-electron chi connectivity index (χ4n) is 4.39. The van der Waals surface area contributed by atoms with Crippen molar-refractivity contribution in [3.63, 3.8) is 0 Å². The number of H-pyrrole nitrogens is 1. The first kappa shape index (κ1) is 15.8. The van der Waals surface area contributed by atoms with Crippen LogP contribution in [0.15, 0.2) is 30.3 Å². The van der Waals surface area contributed by atoms with Gasteiger partial charge in [-0.05, 0) is 18.2 Å². The number of halogens is 1. The molecule has 1 aromatic heterocycles. The third-order valence-corrected chi connectivity index (χ3v) is 5.86. The summed E-state index contributed by atoms with van der Waals surface area (Å²) in [6, 6.07) is 8.79. The van der Waals surface area contributed by atoms with Crippen LogP contribution in [-0.4, -0.2) is 63.3 Å². The lowest BCUT2D eigenvalue weighted by Crippen LogP contribution is -2.48. The molecule has 1 spiro atoms. The monoisotopic (exact) mass is 372 g/mol. The quantitative estimate of drug-likeness (QED) is 0.873. The normalized spacial score (nSPS) is 27.1. The Morgan fingerprint density at radius 1 is 1.31 bits per heavy atom. The molecule has 26 heavy (non-hydrogen) atoms. The van der Waals surface area contributed by atoms with E-state index in [2.05, 4.69) is 10.2 Å². The van der Waals surface area contributed by atoms with Crippen LogP contribution in [0.5, 0.6) is 0 Å². The van der Waals surface area contributed by atoms with Gasteiger partial charge in [-0.1, -0.05) is 23.7 Å². The van der Waals surface area contributed by atoms with Crippen molar-refractivity contribution in [1.82, 2.24) is 20.0 Å². The Morgan fingerprint density at radius 3 is 2.92 bits per heavy atom. The molecule has 3 saturated heterocycles. The van der Waals surface area contributed by atoms with E-state index in [1.165, 1.54) is 0 Å². The van der Waals surface area contributed by atoms with Gasteiger partial charge in [-0.2, -0.15) is 5.10 Å². The fraction of sp³-hybridized carbons (Fsp3) is 0.389. The number of rotatable bonds is 2. The van der Waals surface area contributed by atoms with E-state index in [1.54, 1.807) is 28.0 Å². The highest BCUT2D eigenvalue weighted by Gasteiger charge is 2.63. The number of ether oxygens (including phenoxy) is 1. The van der Waals surface area contributed by atoms with E-state index >= 15 is 0 Å². The zero-order valence-corrected chi connectivity index (χ0v) is 14.7. The highest BCUT2D eigenvalue weighted by Crippen LogP contribution is 2.45. The number of amides is 2. The second-order valence-electron chi connectivity index (χ2n) is 6.88. The summed E-state index contributed by atoms with van der Waals surface area (Å²) in [6.07, 6.45) is 0.983. The van der Waals surface area contributed by atoms with E-state index < -0.39 is 5.72 Å². The molecule has 1 aromatic carbocycles. The molecule has 2 aromatic rings. The summed E-state index contributed by atoms with van der Waals surface area (Å²) in [4.78, 5) is 28.8. The summed E-state index contributed by atoms with van der Waals surface area (Å²) in [5.41, 5.74) is 1.35. The topological polar surface area (TPSA) is 78.5 Å². The van der Waals surface area contributed by atoms with E-state index in [9.17, 15) is 9.59 Å². The summed E-state index contributed by atoms with van der Waals surface area (Å²) in [5, 5.41) is 7.73. The van der Waals surface area contributed by atoms with Crippen molar-refractivity contribution in [2.24, 2.45) is 0 Å². The molecule has 3 aliphatic heterocycles. The van der Waals surface area contributed by atoms with Crippen LogP contribution in [-0.2, 0) is 9.53 Å². The van der Waals surface area contributed by atoms with E-state index in [0.29, 0.717) is 48.9 Å². The molecule has 3 aliphatic rings. The summed E-state index contributed by atoms with van der Waals surface area (Å²) in [7, 11) is 0. The first-order valence-electron chi connectivity index (χ1n) is 8.65. The molecule has 5 rings (SSSR count). The van der Waals surface area contributed by atoms with Crippen molar-refractivity contribution in [1.29, 1.82) is 0 Å². The van der Waals surface area contributed by atoms with Gasteiger partial charge in [0, 0.05) is 30.1 Å². The summed E-state index contributed by atoms with van der Waals surface area (Å²) >= 11 is 5.92. The largest absolute Gasteiger partial charge is 0.351 e. The number of benzene rings is 1. The summed E-state index contributed by atoms with van der Waals surface area (Å²) in [5.74, 6) is -0.0822. The molecule has 0 bridgehead atoms. The highest BCUT2D eigenvalue weighted by atomic mass is 35.5. The minimum Gasteiger partial charge on any atom is -0.351 e. The lowest BCUT2D eigenvalue weighted by atomic mass is 10.1. The number of aromatic nitrogens is 2. The molecular weight excluding hydrogens is 356 g/mol. The van der Waals surface area contributed by atoms with Crippen LogP contribution in [0.2, 0.25) is 5.02 Å². The average Bonchev–Trinajstić information content (AvgIpc) is 3.38. The highest BCUT2D eigenvalue weighted by molar-refractivity contribution is 6.30. The molecule has 2 atom stereocenters. The fourth-order valence-corrected chi connectivity index (χ4v) is 4.52. The van der Waals surface area contributed by atoms with Crippen LogP contribution >= 0.6 is 11.6 Å². The van der Waals surface area contributed by atoms with Crippen molar-refractivity contribution in [3.8, 4) is 11.3 Å². The lowest BCUT2D eigenvalue weighted by molar-refractivity contribution is -0.136. The standard InChI is InChI=1S/C18H17ClN4O3/c19-12-3-1-11(2-4-12)13-9-14(21-20-13)17(25)22-6-5-18-15(22)10-16(24)23(18)7-8-26-18/h1-4,9,15H,5-8,10H2,(H,20,21)/t15-,18+/m1/s1. The Hall–Kier alpha value is -2.38. The van der Waals surface area contributed by atoms with Gasteiger partial charge in [0.2, 0.25) is 5.91 Å².